The van der Waals surface area contributed by atoms with Gasteiger partial charge in [-0.2, -0.15) is 35.1 Å². The zero-order valence-corrected chi connectivity index (χ0v) is 10.2. The second-order valence-electron chi connectivity index (χ2n) is 4.06. The molecule has 0 saturated heterocycles. The van der Waals surface area contributed by atoms with E-state index in [0.717, 1.165) is 6.92 Å². The third-order valence-corrected chi connectivity index (χ3v) is 2.29. The molecule has 20 heavy (non-hydrogen) atoms. The van der Waals surface area contributed by atoms with Crippen LogP contribution in [0.1, 0.15) is 13.8 Å². The van der Waals surface area contributed by atoms with Gasteiger partial charge in [0.1, 0.15) is 0 Å². The Morgan fingerprint density at radius 1 is 1.05 bits per heavy atom. The van der Waals surface area contributed by atoms with E-state index in [4.69, 9.17) is 0 Å². The quantitative estimate of drug-likeness (QED) is 0.447. The van der Waals surface area contributed by atoms with Crippen LogP contribution in [0.3, 0.4) is 0 Å². The molecule has 0 aliphatic heterocycles. The maximum absolute atomic E-state index is 13.1. The number of hydrogen-bond donors (Lipinski definition) is 0. The van der Waals surface area contributed by atoms with Crippen molar-refractivity contribution in [2.45, 2.75) is 38.2 Å². The largest absolute Gasteiger partial charge is 0.457 e. The molecule has 118 valence electrons. The van der Waals surface area contributed by atoms with E-state index in [0.29, 0.717) is 0 Å². The molecule has 0 aromatic rings. The van der Waals surface area contributed by atoms with E-state index < -0.39 is 41.8 Å². The molecule has 10 heteroatoms. The number of esters is 1. The summed E-state index contributed by atoms with van der Waals surface area (Å²) in [5.41, 5.74) is -0.609. The first kappa shape index (κ1) is 18.7. The third kappa shape index (κ3) is 4.07. The zero-order chi connectivity index (χ0) is 16.5. The molecular formula is C10H10F8O2. The Morgan fingerprint density at radius 2 is 1.45 bits per heavy atom. The highest BCUT2D eigenvalue weighted by molar-refractivity contribution is 5.87. The Morgan fingerprint density at radius 3 is 1.70 bits per heavy atom. The van der Waals surface area contributed by atoms with E-state index >= 15 is 0 Å². The molecule has 0 heterocycles. The standard InChI is InChI=1S/C10H10F8O2/c1-4(2)7(19)20-6(5(3)9(13,14)15)8(11,12)10(16,17)18/h5-6H,1H2,2-3H3. The topological polar surface area (TPSA) is 26.3 Å². The number of carbonyl (C=O) groups excluding carboxylic acids is 1. The number of halogens is 8. The van der Waals surface area contributed by atoms with Crippen molar-refractivity contribution < 1.29 is 44.7 Å². The second-order valence-corrected chi connectivity index (χ2v) is 4.06. The number of ether oxygens (including phenoxy) is 1. The fourth-order valence-corrected chi connectivity index (χ4v) is 1.04. The number of hydrogen-bond acceptors (Lipinski definition) is 2. The monoisotopic (exact) mass is 314 g/mol. The summed E-state index contributed by atoms with van der Waals surface area (Å²) in [5, 5.41) is 0. The average molecular weight is 314 g/mol. The van der Waals surface area contributed by atoms with Gasteiger partial charge in [0.05, 0.1) is 5.92 Å². The molecule has 0 aliphatic rings. The van der Waals surface area contributed by atoms with Crippen LogP contribution in [-0.4, -0.2) is 30.3 Å². The molecule has 2 unspecified atom stereocenters. The van der Waals surface area contributed by atoms with Crippen LogP contribution in [-0.2, 0) is 9.53 Å². The Labute approximate surface area is 108 Å². The van der Waals surface area contributed by atoms with Gasteiger partial charge in [0.2, 0.25) is 0 Å². The molecule has 2 nitrogen and oxygen atoms in total. The van der Waals surface area contributed by atoms with E-state index in [1.165, 1.54) is 0 Å². The Balaban J connectivity index is 5.61. The third-order valence-electron chi connectivity index (χ3n) is 2.29. The first-order chi connectivity index (χ1) is 8.62. The minimum absolute atomic E-state index is 0.0655. The maximum Gasteiger partial charge on any atom is 0.457 e. The van der Waals surface area contributed by atoms with Crippen molar-refractivity contribution in [3.05, 3.63) is 12.2 Å². The van der Waals surface area contributed by atoms with Gasteiger partial charge in [-0.05, 0) is 13.8 Å². The van der Waals surface area contributed by atoms with Crippen molar-refractivity contribution in [2.24, 2.45) is 5.92 Å². The van der Waals surface area contributed by atoms with Crippen LogP contribution in [0, 0.1) is 5.92 Å². The van der Waals surface area contributed by atoms with Gasteiger partial charge in [-0.25, -0.2) is 4.79 Å². The van der Waals surface area contributed by atoms with Crippen LogP contribution in [0.4, 0.5) is 35.1 Å². The summed E-state index contributed by atoms with van der Waals surface area (Å²) in [4.78, 5) is 11.0. The molecule has 0 amide bonds. The van der Waals surface area contributed by atoms with Crippen molar-refractivity contribution in [3.63, 3.8) is 0 Å². The highest BCUT2D eigenvalue weighted by Gasteiger charge is 2.68. The second kappa shape index (κ2) is 5.57. The van der Waals surface area contributed by atoms with Crippen molar-refractivity contribution in [3.8, 4) is 0 Å². The lowest BCUT2D eigenvalue weighted by molar-refractivity contribution is -0.335. The summed E-state index contributed by atoms with van der Waals surface area (Å²) in [6.45, 7) is 3.85. The number of rotatable bonds is 4. The smallest absolute Gasteiger partial charge is 0.452 e. The van der Waals surface area contributed by atoms with Gasteiger partial charge in [-0.15, -0.1) is 0 Å². The summed E-state index contributed by atoms with van der Waals surface area (Å²) in [6, 6.07) is 0. The fraction of sp³-hybridized carbons (Fsp3) is 0.700. The molecule has 0 aliphatic carbocycles. The Hall–Kier alpha value is -1.35. The Kier molecular flexibility index (Phi) is 5.19. The fourth-order valence-electron chi connectivity index (χ4n) is 1.04. The van der Waals surface area contributed by atoms with Gasteiger partial charge in [0.15, 0.2) is 6.10 Å². The number of alkyl halides is 8. The molecular weight excluding hydrogens is 304 g/mol. The maximum atomic E-state index is 13.1. The molecule has 0 spiro atoms. The first-order valence-electron chi connectivity index (χ1n) is 5.00. The van der Waals surface area contributed by atoms with E-state index in [1.807, 2.05) is 0 Å². The SMILES string of the molecule is C=C(C)C(=O)OC(C(C)C(F)(F)F)C(F)(F)C(F)(F)F. The van der Waals surface area contributed by atoms with Crippen LogP contribution in [0.25, 0.3) is 0 Å². The average Bonchev–Trinajstić information content (AvgIpc) is 2.20. The minimum Gasteiger partial charge on any atom is -0.452 e. The molecule has 0 rings (SSSR count). The van der Waals surface area contributed by atoms with Crippen LogP contribution in [0.15, 0.2) is 12.2 Å². The van der Waals surface area contributed by atoms with E-state index in [-0.39, 0.29) is 6.92 Å². The van der Waals surface area contributed by atoms with Gasteiger partial charge in [-0.3, -0.25) is 0 Å². The lowest BCUT2D eigenvalue weighted by Gasteiger charge is -2.33. The first-order valence-corrected chi connectivity index (χ1v) is 5.00. The van der Waals surface area contributed by atoms with Crippen LogP contribution in [0.5, 0.6) is 0 Å². The van der Waals surface area contributed by atoms with Crippen molar-refractivity contribution >= 4 is 5.97 Å². The lowest BCUT2D eigenvalue weighted by atomic mass is 9.97. The van der Waals surface area contributed by atoms with Crippen LogP contribution >= 0.6 is 0 Å². The predicted molar refractivity (Wildman–Crippen MR) is 50.9 cm³/mol. The van der Waals surface area contributed by atoms with Crippen LogP contribution < -0.4 is 0 Å². The molecule has 2 atom stereocenters. The van der Waals surface area contributed by atoms with E-state index in [1.54, 1.807) is 0 Å². The minimum atomic E-state index is -6.30. The van der Waals surface area contributed by atoms with E-state index in [9.17, 15) is 39.9 Å². The molecule has 0 aromatic heterocycles. The summed E-state index contributed by atoms with van der Waals surface area (Å²) in [6.07, 6.45) is -15.4. The summed E-state index contributed by atoms with van der Waals surface area (Å²) < 4.78 is 103. The molecule has 0 saturated carbocycles. The van der Waals surface area contributed by atoms with Gasteiger partial charge in [0, 0.05) is 5.57 Å². The highest BCUT2D eigenvalue weighted by atomic mass is 19.4. The number of carbonyl (C=O) groups is 1. The van der Waals surface area contributed by atoms with Crippen molar-refractivity contribution in [2.75, 3.05) is 0 Å². The summed E-state index contributed by atoms with van der Waals surface area (Å²) >= 11 is 0. The Bertz CT molecular complexity index is 382. The van der Waals surface area contributed by atoms with Gasteiger partial charge in [0.25, 0.3) is 0 Å². The van der Waals surface area contributed by atoms with Crippen molar-refractivity contribution in [1.82, 2.24) is 0 Å². The zero-order valence-electron chi connectivity index (χ0n) is 10.2. The van der Waals surface area contributed by atoms with Crippen molar-refractivity contribution in [1.29, 1.82) is 0 Å². The summed E-state index contributed by atoms with van der Waals surface area (Å²) in [5.74, 6) is -10.8. The molecule has 0 N–H and O–H groups in total. The van der Waals surface area contributed by atoms with Gasteiger partial charge >= 0.3 is 24.2 Å². The predicted octanol–water partition coefficient (Wildman–Crippen LogP) is 3.87. The highest BCUT2D eigenvalue weighted by Crippen LogP contribution is 2.45. The van der Waals surface area contributed by atoms with E-state index in [2.05, 4.69) is 11.3 Å². The molecule has 0 bridgehead atoms. The summed E-state index contributed by atoms with van der Waals surface area (Å²) in [7, 11) is 0. The normalized spacial score (nSPS) is 16.5. The van der Waals surface area contributed by atoms with Crippen LogP contribution in [0.2, 0.25) is 0 Å². The lowest BCUT2D eigenvalue weighted by Crippen LogP contribution is -2.54. The molecule has 0 radical (unpaired) electrons. The molecule has 0 fully saturated rings. The van der Waals surface area contributed by atoms with Gasteiger partial charge in [-0.1, -0.05) is 6.58 Å². The van der Waals surface area contributed by atoms with Gasteiger partial charge < -0.3 is 4.74 Å². The molecule has 0 aromatic carbocycles.